The highest BCUT2D eigenvalue weighted by Crippen LogP contribution is 2.17. The Morgan fingerprint density at radius 3 is 1.69 bits per heavy atom. The molecule has 2 saturated heterocycles. The summed E-state index contributed by atoms with van der Waals surface area (Å²) < 4.78 is 10.7. The van der Waals surface area contributed by atoms with Crippen molar-refractivity contribution < 1.29 is 9.47 Å². The van der Waals surface area contributed by atoms with Crippen molar-refractivity contribution in [3.05, 3.63) is 46.8 Å². The van der Waals surface area contributed by atoms with Crippen LogP contribution in [0.2, 0.25) is 0 Å². The molecule has 0 amide bonds. The van der Waals surface area contributed by atoms with Gasteiger partial charge in [-0.1, -0.05) is 6.92 Å². The van der Waals surface area contributed by atoms with Crippen LogP contribution in [0.5, 0.6) is 0 Å². The van der Waals surface area contributed by atoms with Crippen LogP contribution in [0, 0.1) is 20.8 Å². The van der Waals surface area contributed by atoms with Crippen LogP contribution in [0.15, 0.2) is 24.3 Å². The number of pyridine rings is 2. The Kier molecular flexibility index (Phi) is 7.83. The maximum absolute atomic E-state index is 5.34. The maximum Gasteiger partial charge on any atom is 0.129 e. The monoisotopic (exact) mass is 398 g/mol. The highest BCUT2D eigenvalue weighted by Gasteiger charge is 2.13. The topological polar surface area (TPSA) is 50.7 Å². The molecule has 29 heavy (non-hydrogen) atoms. The fourth-order valence-corrected chi connectivity index (χ4v) is 3.65. The van der Waals surface area contributed by atoms with Gasteiger partial charge in [0, 0.05) is 37.6 Å². The summed E-state index contributed by atoms with van der Waals surface area (Å²) in [4.78, 5) is 13.7. The Hall–Kier alpha value is -2.18. The third-order valence-electron chi connectivity index (χ3n) is 5.16. The standard InChI is InChI=1S/C12H18N2O.C11H16N2O/c1-3-11-8-10(2)13-12(9-11)14-4-6-15-7-5-14;1-9-7-10(2)12-11(8-9)13-3-5-14-6-4-13/h8-9H,3-7H2,1-2H3;7-8H,3-6H2,1-2H3. The van der Waals surface area contributed by atoms with Crippen molar-refractivity contribution >= 4 is 11.6 Å². The molecule has 2 aliphatic heterocycles. The van der Waals surface area contributed by atoms with Crippen LogP contribution in [-0.2, 0) is 15.9 Å². The van der Waals surface area contributed by atoms with Gasteiger partial charge < -0.3 is 19.3 Å². The lowest BCUT2D eigenvalue weighted by Crippen LogP contribution is -2.36. The largest absolute Gasteiger partial charge is 0.378 e. The molecule has 6 nitrogen and oxygen atoms in total. The first-order valence-electron chi connectivity index (χ1n) is 10.6. The second-order valence-electron chi connectivity index (χ2n) is 7.67. The van der Waals surface area contributed by atoms with Gasteiger partial charge in [-0.3, -0.25) is 0 Å². The average molecular weight is 399 g/mol. The summed E-state index contributed by atoms with van der Waals surface area (Å²) in [5.41, 5.74) is 4.84. The van der Waals surface area contributed by atoms with Crippen LogP contribution in [0.1, 0.15) is 29.4 Å². The van der Waals surface area contributed by atoms with Crippen LogP contribution < -0.4 is 9.80 Å². The molecule has 6 heteroatoms. The molecule has 0 N–H and O–H groups in total. The van der Waals surface area contributed by atoms with E-state index in [1.54, 1.807) is 0 Å². The average Bonchev–Trinajstić information content (AvgIpc) is 2.74. The van der Waals surface area contributed by atoms with Gasteiger partial charge in [0.15, 0.2) is 0 Å². The fourth-order valence-electron chi connectivity index (χ4n) is 3.65. The van der Waals surface area contributed by atoms with Gasteiger partial charge in [0.05, 0.1) is 26.4 Å². The van der Waals surface area contributed by atoms with E-state index in [2.05, 4.69) is 64.8 Å². The molecular formula is C23H34N4O2. The minimum Gasteiger partial charge on any atom is -0.378 e. The summed E-state index contributed by atoms with van der Waals surface area (Å²) in [6.07, 6.45) is 1.07. The number of nitrogens with zero attached hydrogens (tertiary/aromatic N) is 4. The number of ether oxygens (including phenoxy) is 2. The third kappa shape index (κ3) is 6.41. The number of aryl methyl sites for hydroxylation is 4. The SMILES string of the molecule is CCc1cc(C)nc(N2CCOCC2)c1.Cc1cc(C)nc(N2CCOCC2)c1. The molecule has 2 aliphatic rings. The molecular weight excluding hydrogens is 364 g/mol. The molecule has 4 rings (SSSR count). The number of morpholine rings is 2. The van der Waals surface area contributed by atoms with Crippen molar-refractivity contribution in [3.63, 3.8) is 0 Å². The minimum atomic E-state index is 0.814. The molecule has 0 unspecified atom stereocenters. The molecule has 4 heterocycles. The van der Waals surface area contributed by atoms with E-state index < -0.39 is 0 Å². The lowest BCUT2D eigenvalue weighted by atomic mass is 10.2. The Morgan fingerprint density at radius 1 is 0.724 bits per heavy atom. The van der Waals surface area contributed by atoms with E-state index >= 15 is 0 Å². The number of hydrogen-bond acceptors (Lipinski definition) is 6. The van der Waals surface area contributed by atoms with Crippen LogP contribution >= 0.6 is 0 Å². The molecule has 158 valence electrons. The van der Waals surface area contributed by atoms with Gasteiger partial charge >= 0.3 is 0 Å². The zero-order valence-corrected chi connectivity index (χ0v) is 18.3. The van der Waals surface area contributed by atoms with Crippen LogP contribution in [-0.4, -0.2) is 62.6 Å². The lowest BCUT2D eigenvalue weighted by molar-refractivity contribution is 0.122. The number of hydrogen-bond donors (Lipinski definition) is 0. The summed E-state index contributed by atoms with van der Waals surface area (Å²) in [6, 6.07) is 8.59. The van der Waals surface area contributed by atoms with Crippen molar-refractivity contribution in [2.75, 3.05) is 62.4 Å². The van der Waals surface area contributed by atoms with E-state index in [-0.39, 0.29) is 0 Å². The fraction of sp³-hybridized carbons (Fsp3) is 0.565. The van der Waals surface area contributed by atoms with Gasteiger partial charge in [0.1, 0.15) is 11.6 Å². The molecule has 2 fully saturated rings. The Labute approximate surface area is 174 Å². The molecule has 0 aromatic carbocycles. The zero-order valence-electron chi connectivity index (χ0n) is 18.3. The van der Waals surface area contributed by atoms with E-state index in [9.17, 15) is 0 Å². The number of rotatable bonds is 3. The van der Waals surface area contributed by atoms with Crippen molar-refractivity contribution in [3.8, 4) is 0 Å². The quantitative estimate of drug-likeness (QED) is 0.791. The van der Waals surface area contributed by atoms with E-state index in [0.29, 0.717) is 0 Å². The van der Waals surface area contributed by atoms with Crippen molar-refractivity contribution in [2.45, 2.75) is 34.1 Å². The summed E-state index contributed by atoms with van der Waals surface area (Å²) in [7, 11) is 0. The zero-order chi connectivity index (χ0) is 20.6. The third-order valence-corrected chi connectivity index (χ3v) is 5.16. The molecule has 0 saturated carbocycles. The molecule has 0 atom stereocenters. The second kappa shape index (κ2) is 10.6. The van der Waals surface area contributed by atoms with Gasteiger partial charge in [0.2, 0.25) is 0 Å². The van der Waals surface area contributed by atoms with Gasteiger partial charge in [-0.15, -0.1) is 0 Å². The molecule has 0 aliphatic carbocycles. The Morgan fingerprint density at radius 2 is 1.21 bits per heavy atom. The van der Waals surface area contributed by atoms with Crippen molar-refractivity contribution in [2.24, 2.45) is 0 Å². The smallest absolute Gasteiger partial charge is 0.129 e. The van der Waals surface area contributed by atoms with Crippen LogP contribution in [0.25, 0.3) is 0 Å². The van der Waals surface area contributed by atoms with Crippen molar-refractivity contribution in [1.82, 2.24) is 9.97 Å². The maximum atomic E-state index is 5.34. The molecule has 0 spiro atoms. The lowest BCUT2D eigenvalue weighted by Gasteiger charge is -2.28. The normalized spacial score (nSPS) is 17.0. The van der Waals surface area contributed by atoms with E-state index in [1.807, 2.05) is 6.92 Å². The van der Waals surface area contributed by atoms with E-state index in [0.717, 1.165) is 82.1 Å². The second-order valence-corrected chi connectivity index (χ2v) is 7.67. The molecule has 2 aromatic rings. The summed E-state index contributed by atoms with van der Waals surface area (Å²) in [6.45, 7) is 15.5. The van der Waals surface area contributed by atoms with E-state index in [4.69, 9.17) is 9.47 Å². The minimum absolute atomic E-state index is 0.814. The highest BCUT2D eigenvalue weighted by atomic mass is 16.5. The first kappa shape index (κ1) is 21.5. The van der Waals surface area contributed by atoms with E-state index in [1.165, 1.54) is 11.1 Å². The van der Waals surface area contributed by atoms with Gasteiger partial charge in [-0.25, -0.2) is 9.97 Å². The van der Waals surface area contributed by atoms with Gasteiger partial charge in [-0.05, 0) is 62.6 Å². The van der Waals surface area contributed by atoms with Crippen LogP contribution in [0.3, 0.4) is 0 Å². The summed E-state index contributed by atoms with van der Waals surface area (Å²) in [5.74, 6) is 2.20. The predicted octanol–water partition coefficient (Wildman–Crippen LogP) is 3.32. The molecule has 2 aromatic heterocycles. The van der Waals surface area contributed by atoms with Crippen LogP contribution in [0.4, 0.5) is 11.6 Å². The summed E-state index contributed by atoms with van der Waals surface area (Å²) in [5, 5.41) is 0. The first-order valence-corrected chi connectivity index (χ1v) is 10.6. The molecule has 0 bridgehead atoms. The highest BCUT2D eigenvalue weighted by molar-refractivity contribution is 5.43. The Bertz CT molecular complexity index is 764. The molecule has 0 radical (unpaired) electrons. The first-order chi connectivity index (χ1) is 14.0. The number of anilines is 2. The van der Waals surface area contributed by atoms with Gasteiger partial charge in [0.25, 0.3) is 0 Å². The predicted molar refractivity (Wildman–Crippen MR) is 118 cm³/mol. The summed E-state index contributed by atoms with van der Waals surface area (Å²) >= 11 is 0. The number of aromatic nitrogens is 2. The van der Waals surface area contributed by atoms with Crippen molar-refractivity contribution in [1.29, 1.82) is 0 Å². The van der Waals surface area contributed by atoms with Gasteiger partial charge in [-0.2, -0.15) is 0 Å². The Balaban J connectivity index is 0.000000166.